The van der Waals surface area contributed by atoms with E-state index >= 15 is 0 Å². The minimum atomic E-state index is 0.945. The van der Waals surface area contributed by atoms with Gasteiger partial charge in [-0.25, -0.2) is 4.98 Å². The number of hydrogen-bond acceptors (Lipinski definition) is 2. The molecule has 2 nitrogen and oxygen atoms in total. The number of nitrogens with zero attached hydrogens (tertiary/aromatic N) is 2. The quantitative estimate of drug-likeness (QED) is 0.222. The van der Waals surface area contributed by atoms with Crippen LogP contribution in [0.15, 0.2) is 146 Å². The first-order valence-electron chi connectivity index (χ1n) is 13.5. The Morgan fingerprint density at radius 1 is 0.450 bits per heavy atom. The molecule has 3 heterocycles. The molecular weight excluding hydrogens is 504 g/mol. The van der Waals surface area contributed by atoms with Gasteiger partial charge in [0, 0.05) is 37.5 Å². The topological polar surface area (TPSA) is 17.3 Å². The molecule has 0 unspecified atom stereocenters. The van der Waals surface area contributed by atoms with Crippen LogP contribution in [0.1, 0.15) is 0 Å². The maximum Gasteiger partial charge on any atom is 0.137 e. The average molecular weight is 529 g/mol. The first-order valence-corrected chi connectivity index (χ1v) is 14.3. The maximum absolute atomic E-state index is 5.07. The highest BCUT2D eigenvalue weighted by Gasteiger charge is 2.16. The van der Waals surface area contributed by atoms with Crippen LogP contribution in [0.5, 0.6) is 0 Å². The highest BCUT2D eigenvalue weighted by Crippen LogP contribution is 2.38. The van der Waals surface area contributed by atoms with Crippen molar-refractivity contribution in [3.05, 3.63) is 146 Å². The Bertz CT molecular complexity index is 2170. The Labute approximate surface area is 236 Å². The third kappa shape index (κ3) is 3.83. The van der Waals surface area contributed by atoms with E-state index in [1.165, 1.54) is 42.4 Å². The molecule has 40 heavy (non-hydrogen) atoms. The van der Waals surface area contributed by atoms with Gasteiger partial charge >= 0.3 is 0 Å². The summed E-state index contributed by atoms with van der Waals surface area (Å²) in [6, 6.07) is 49.8. The monoisotopic (exact) mass is 528 g/mol. The minimum absolute atomic E-state index is 0.945. The second-order valence-corrected chi connectivity index (χ2v) is 11.2. The number of pyridine rings is 1. The van der Waals surface area contributed by atoms with Gasteiger partial charge in [0.2, 0.25) is 0 Å². The third-order valence-electron chi connectivity index (χ3n) is 7.62. The van der Waals surface area contributed by atoms with E-state index in [9.17, 15) is 0 Å². The molecule has 0 N–H and O–H groups in total. The van der Waals surface area contributed by atoms with E-state index in [1.807, 2.05) is 17.4 Å². The van der Waals surface area contributed by atoms with Gasteiger partial charge in [-0.15, -0.1) is 11.3 Å². The molecule has 0 aliphatic heterocycles. The average Bonchev–Trinajstić information content (AvgIpc) is 3.60. The predicted molar refractivity (Wildman–Crippen MR) is 170 cm³/mol. The van der Waals surface area contributed by atoms with Crippen LogP contribution in [0.2, 0.25) is 0 Å². The van der Waals surface area contributed by atoms with Crippen molar-refractivity contribution in [2.45, 2.75) is 0 Å². The van der Waals surface area contributed by atoms with Gasteiger partial charge in [-0.2, -0.15) is 0 Å². The van der Waals surface area contributed by atoms with Crippen LogP contribution in [-0.2, 0) is 0 Å². The molecule has 0 fully saturated rings. The van der Waals surface area contributed by atoms with E-state index in [-0.39, 0.29) is 0 Å². The lowest BCUT2D eigenvalue weighted by atomic mass is 9.96. The van der Waals surface area contributed by atoms with Gasteiger partial charge in [0.05, 0.1) is 11.4 Å². The lowest BCUT2D eigenvalue weighted by Gasteiger charge is -2.09. The fourth-order valence-corrected chi connectivity index (χ4v) is 6.84. The van der Waals surface area contributed by atoms with Crippen molar-refractivity contribution in [2.24, 2.45) is 0 Å². The molecule has 188 valence electrons. The first kappa shape index (κ1) is 22.9. The molecule has 0 atom stereocenters. The molecule has 8 aromatic rings. The summed E-state index contributed by atoms with van der Waals surface area (Å²) in [4.78, 5) is 5.07. The summed E-state index contributed by atoms with van der Waals surface area (Å²) in [5.74, 6) is 0. The van der Waals surface area contributed by atoms with Gasteiger partial charge in [-0.05, 0) is 58.7 Å². The van der Waals surface area contributed by atoms with Gasteiger partial charge in [0.1, 0.15) is 5.65 Å². The fourth-order valence-electron chi connectivity index (χ4n) is 5.70. The summed E-state index contributed by atoms with van der Waals surface area (Å²) in [5.41, 5.74) is 10.1. The fraction of sp³-hybridized carbons (Fsp3) is 0. The summed E-state index contributed by atoms with van der Waals surface area (Å²) in [5, 5.41) is 2.66. The summed E-state index contributed by atoms with van der Waals surface area (Å²) >= 11 is 1.86. The van der Waals surface area contributed by atoms with E-state index in [4.69, 9.17) is 4.98 Å². The normalized spacial score (nSPS) is 11.5. The summed E-state index contributed by atoms with van der Waals surface area (Å²) in [7, 11) is 0. The summed E-state index contributed by atoms with van der Waals surface area (Å²) in [6.45, 7) is 0. The van der Waals surface area contributed by atoms with Crippen LogP contribution >= 0.6 is 11.3 Å². The lowest BCUT2D eigenvalue weighted by molar-refractivity contribution is 1.19. The Kier molecular flexibility index (Phi) is 5.35. The second-order valence-electron chi connectivity index (χ2n) is 10.1. The van der Waals surface area contributed by atoms with E-state index in [2.05, 4.69) is 144 Å². The van der Waals surface area contributed by atoms with Crippen LogP contribution in [0.25, 0.3) is 70.6 Å². The molecule has 3 heteroatoms. The zero-order chi connectivity index (χ0) is 26.5. The molecule has 0 saturated carbocycles. The molecule has 8 rings (SSSR count). The van der Waals surface area contributed by atoms with Crippen molar-refractivity contribution in [1.29, 1.82) is 0 Å². The number of aromatic nitrogens is 2. The van der Waals surface area contributed by atoms with Crippen molar-refractivity contribution < 1.29 is 0 Å². The molecule has 5 aromatic carbocycles. The number of imidazole rings is 1. The summed E-state index contributed by atoms with van der Waals surface area (Å²) in [6.07, 6.45) is 2.09. The summed E-state index contributed by atoms with van der Waals surface area (Å²) < 4.78 is 4.84. The molecule has 0 bridgehead atoms. The van der Waals surface area contributed by atoms with Crippen LogP contribution in [-0.4, -0.2) is 9.38 Å². The SMILES string of the molecule is c1ccc(-c2c(-c3cccc(-c4cccc(-c5ccc6c(c5)sc5ccccc56)c4)c3)nc3ccccn23)cc1. The number of hydrogen-bond donors (Lipinski definition) is 0. The lowest BCUT2D eigenvalue weighted by Crippen LogP contribution is -1.89. The van der Waals surface area contributed by atoms with Gasteiger partial charge in [-0.1, -0.05) is 103 Å². The van der Waals surface area contributed by atoms with Crippen LogP contribution in [0.4, 0.5) is 0 Å². The zero-order valence-electron chi connectivity index (χ0n) is 21.7. The Hall–Kier alpha value is -4.99. The third-order valence-corrected chi connectivity index (χ3v) is 8.75. The van der Waals surface area contributed by atoms with Crippen molar-refractivity contribution in [3.8, 4) is 44.8 Å². The molecule has 0 aliphatic carbocycles. The van der Waals surface area contributed by atoms with E-state index in [1.54, 1.807) is 0 Å². The van der Waals surface area contributed by atoms with E-state index in [0.717, 1.165) is 28.2 Å². The standard InChI is InChI=1S/C37H24N2S/c1-2-10-25(11-3-1)37-36(38-35-18-6-7-21-39(35)37)30-15-9-14-28(23-30)26-12-8-13-27(22-26)29-19-20-32-31-16-4-5-17-33(31)40-34(32)24-29/h1-24H. The second kappa shape index (κ2) is 9.33. The van der Waals surface area contributed by atoms with Gasteiger partial charge in [0.15, 0.2) is 0 Å². The van der Waals surface area contributed by atoms with Crippen LogP contribution < -0.4 is 0 Å². The number of fused-ring (bicyclic) bond motifs is 4. The molecule has 0 amide bonds. The minimum Gasteiger partial charge on any atom is -0.299 e. The van der Waals surface area contributed by atoms with E-state index < -0.39 is 0 Å². The molecule has 0 saturated heterocycles. The zero-order valence-corrected chi connectivity index (χ0v) is 22.5. The molecule has 3 aromatic heterocycles. The highest BCUT2D eigenvalue weighted by molar-refractivity contribution is 7.25. The van der Waals surface area contributed by atoms with Crippen LogP contribution in [0, 0.1) is 0 Å². The number of thiophene rings is 1. The van der Waals surface area contributed by atoms with Crippen molar-refractivity contribution in [2.75, 3.05) is 0 Å². The highest BCUT2D eigenvalue weighted by atomic mass is 32.1. The van der Waals surface area contributed by atoms with Crippen molar-refractivity contribution in [3.63, 3.8) is 0 Å². The van der Waals surface area contributed by atoms with Crippen molar-refractivity contribution >= 4 is 37.2 Å². The maximum atomic E-state index is 5.07. The first-order chi connectivity index (χ1) is 19.8. The Morgan fingerprint density at radius 3 is 1.90 bits per heavy atom. The largest absolute Gasteiger partial charge is 0.299 e. The smallest absolute Gasteiger partial charge is 0.137 e. The molecule has 0 radical (unpaired) electrons. The number of benzene rings is 5. The van der Waals surface area contributed by atoms with Crippen molar-refractivity contribution in [1.82, 2.24) is 9.38 Å². The van der Waals surface area contributed by atoms with Crippen LogP contribution in [0.3, 0.4) is 0 Å². The van der Waals surface area contributed by atoms with E-state index in [0.29, 0.717) is 0 Å². The Balaban J connectivity index is 1.22. The molecule has 0 aliphatic rings. The Morgan fingerprint density at radius 2 is 1.07 bits per heavy atom. The number of rotatable bonds is 4. The van der Waals surface area contributed by atoms with Gasteiger partial charge < -0.3 is 0 Å². The van der Waals surface area contributed by atoms with Gasteiger partial charge in [-0.3, -0.25) is 4.40 Å². The molecule has 0 spiro atoms. The molecular formula is C37H24N2S. The van der Waals surface area contributed by atoms with Gasteiger partial charge in [0.25, 0.3) is 0 Å². The predicted octanol–water partition coefficient (Wildman–Crippen LogP) is 10.4.